The number of rotatable bonds is 7. The van der Waals surface area contributed by atoms with Gasteiger partial charge in [0, 0.05) is 34.3 Å². The Labute approximate surface area is 238 Å². The van der Waals surface area contributed by atoms with Gasteiger partial charge < -0.3 is 11.1 Å². The van der Waals surface area contributed by atoms with Crippen LogP contribution in [0.3, 0.4) is 0 Å². The van der Waals surface area contributed by atoms with Gasteiger partial charge in [0.15, 0.2) is 10.1 Å². The second kappa shape index (κ2) is 11.9. The topological polar surface area (TPSA) is 125 Å². The number of thioether (sulfide) groups is 1. The van der Waals surface area contributed by atoms with Crippen LogP contribution in [0.1, 0.15) is 24.8 Å². The largest absolute Gasteiger partial charge is 0.384 e. The van der Waals surface area contributed by atoms with Crippen LogP contribution in [0.5, 0.6) is 0 Å². The molecule has 0 saturated carbocycles. The highest BCUT2D eigenvalue weighted by atomic mass is 35.5. The third kappa shape index (κ3) is 5.91. The van der Waals surface area contributed by atoms with E-state index in [4.69, 9.17) is 17.3 Å². The van der Waals surface area contributed by atoms with Crippen molar-refractivity contribution in [1.29, 1.82) is 5.26 Å². The summed E-state index contributed by atoms with van der Waals surface area (Å²) >= 11 is 8.39. The molecule has 3 N–H and O–H groups in total. The average Bonchev–Trinajstić information content (AvgIpc) is 3.41. The van der Waals surface area contributed by atoms with Gasteiger partial charge in [-0.25, -0.2) is 0 Å². The molecule has 2 aromatic carbocycles. The number of hydrogen-bond acceptors (Lipinski definition) is 9. The molecule has 1 unspecified atom stereocenters. The highest BCUT2D eigenvalue weighted by Gasteiger charge is 2.39. The Balaban J connectivity index is 1.38. The number of amides is 1. The number of carbonyl (C=O) groups is 2. The van der Waals surface area contributed by atoms with Gasteiger partial charge in [-0.1, -0.05) is 77.2 Å². The van der Waals surface area contributed by atoms with Crippen LogP contribution in [0.4, 0.5) is 10.8 Å². The average molecular weight is 575 g/mol. The Bertz CT molecular complexity index is 1540. The van der Waals surface area contributed by atoms with E-state index in [-0.39, 0.29) is 23.3 Å². The van der Waals surface area contributed by atoms with E-state index in [2.05, 4.69) is 21.6 Å². The van der Waals surface area contributed by atoms with E-state index in [1.807, 2.05) is 42.5 Å². The maximum absolute atomic E-state index is 13.2. The van der Waals surface area contributed by atoms with Crippen LogP contribution >= 0.6 is 34.7 Å². The summed E-state index contributed by atoms with van der Waals surface area (Å²) in [5, 5.41) is 22.5. The number of carbonyl (C=O) groups excluding carboxylic acids is 2. The molecule has 1 aliphatic heterocycles. The molecule has 2 aliphatic rings. The van der Waals surface area contributed by atoms with Crippen LogP contribution in [-0.2, 0) is 9.59 Å². The maximum atomic E-state index is 13.2. The first-order valence-corrected chi connectivity index (χ1v) is 14.3. The van der Waals surface area contributed by atoms with Crippen LogP contribution in [0.15, 0.2) is 87.7 Å². The summed E-state index contributed by atoms with van der Waals surface area (Å²) in [7, 11) is 0. The number of aromatic nitrogens is 2. The third-order valence-corrected chi connectivity index (χ3v) is 8.57. The Hall–Kier alpha value is -3.91. The van der Waals surface area contributed by atoms with Crippen molar-refractivity contribution in [3.63, 3.8) is 0 Å². The molecule has 1 amide bonds. The fraction of sp³-hybridized carbons (Fsp3) is 0.179. The number of nitriles is 1. The summed E-state index contributed by atoms with van der Waals surface area (Å²) in [6.45, 7) is 0. The molecule has 0 bridgehead atoms. The molecule has 1 atom stereocenters. The number of hydrogen-bond donors (Lipinski definition) is 2. The van der Waals surface area contributed by atoms with Gasteiger partial charge in [0.1, 0.15) is 5.82 Å². The minimum atomic E-state index is -0.535. The van der Waals surface area contributed by atoms with Crippen molar-refractivity contribution in [2.24, 2.45) is 11.7 Å². The Kier molecular flexibility index (Phi) is 8.12. The molecule has 0 fully saturated rings. The molecular formula is C28H23ClN6O2S2. The standard InChI is InChI=1S/C28H23ClN6O2S2/c29-18-10-12-19(13-11-18)32-24(37)16-38-28-34-33-27(39-28)35-22-7-4-8-23(36)25(22)20(21(15-30)26(35)31)14-9-17-5-2-1-3-6-17/h1-3,5-6,9-14,20H,4,7-8,16,31H2,(H,32,37)/b14-9+. The quantitative estimate of drug-likeness (QED) is 0.341. The van der Waals surface area contributed by atoms with Gasteiger partial charge in [-0.15, -0.1) is 10.2 Å². The summed E-state index contributed by atoms with van der Waals surface area (Å²) in [4.78, 5) is 27.3. The fourth-order valence-corrected chi connectivity index (χ4v) is 6.33. The van der Waals surface area contributed by atoms with Gasteiger partial charge in [0.2, 0.25) is 11.0 Å². The van der Waals surface area contributed by atoms with E-state index in [9.17, 15) is 14.9 Å². The van der Waals surface area contributed by atoms with Crippen LogP contribution in [-0.4, -0.2) is 27.6 Å². The number of anilines is 2. The SMILES string of the molecule is N#CC1=C(N)N(c2nnc(SCC(=O)Nc3ccc(Cl)cc3)s2)C2=C(C(=O)CCC2)C1/C=C/c1ccccc1. The van der Waals surface area contributed by atoms with Crippen LogP contribution in [0.2, 0.25) is 5.02 Å². The molecule has 2 heterocycles. The first-order valence-electron chi connectivity index (χ1n) is 12.2. The number of Topliss-reactive ketones (excluding diaryl/α,β-unsaturated/α-hetero) is 1. The van der Waals surface area contributed by atoms with Crippen LogP contribution < -0.4 is 16.0 Å². The zero-order valence-corrected chi connectivity index (χ0v) is 23.0. The number of nitrogens with zero attached hydrogens (tertiary/aromatic N) is 4. The van der Waals surface area contributed by atoms with Crippen molar-refractivity contribution in [3.8, 4) is 6.07 Å². The molecule has 1 aromatic heterocycles. The summed E-state index contributed by atoms with van der Waals surface area (Å²) < 4.78 is 0.568. The van der Waals surface area contributed by atoms with Gasteiger partial charge in [0.05, 0.1) is 17.4 Å². The molecule has 8 nitrogen and oxygen atoms in total. The molecular weight excluding hydrogens is 552 g/mol. The lowest BCUT2D eigenvalue weighted by Gasteiger charge is -2.37. The molecule has 1 aliphatic carbocycles. The fourth-order valence-electron chi connectivity index (χ4n) is 4.52. The van der Waals surface area contributed by atoms with Crippen LogP contribution in [0.25, 0.3) is 6.08 Å². The summed E-state index contributed by atoms with van der Waals surface area (Å²) in [5.74, 6) is -0.360. The lowest BCUT2D eigenvalue weighted by Crippen LogP contribution is -2.39. The van der Waals surface area contributed by atoms with E-state index in [1.54, 1.807) is 29.2 Å². The van der Waals surface area contributed by atoms with Gasteiger partial charge in [0.25, 0.3) is 0 Å². The van der Waals surface area contributed by atoms with Crippen molar-refractivity contribution in [2.45, 2.75) is 23.6 Å². The highest BCUT2D eigenvalue weighted by Crippen LogP contribution is 2.44. The number of nitrogens with one attached hydrogen (secondary N) is 1. The summed E-state index contributed by atoms with van der Waals surface area (Å²) in [6.07, 6.45) is 5.51. The number of allylic oxidation sites excluding steroid dienone is 4. The number of nitrogens with two attached hydrogens (primary N) is 1. The van der Waals surface area contributed by atoms with E-state index in [0.29, 0.717) is 50.6 Å². The Morgan fingerprint density at radius 2 is 1.97 bits per heavy atom. The Morgan fingerprint density at radius 3 is 2.72 bits per heavy atom. The van der Waals surface area contributed by atoms with Crippen molar-refractivity contribution in [1.82, 2.24) is 10.2 Å². The normalized spacial score (nSPS) is 17.4. The molecule has 5 rings (SSSR count). The minimum Gasteiger partial charge on any atom is -0.384 e. The maximum Gasteiger partial charge on any atom is 0.234 e. The van der Waals surface area contributed by atoms with Gasteiger partial charge in [-0.05, 0) is 42.7 Å². The van der Waals surface area contributed by atoms with Gasteiger partial charge in [-0.3, -0.25) is 14.5 Å². The van der Waals surface area contributed by atoms with E-state index in [1.165, 1.54) is 23.1 Å². The predicted octanol–water partition coefficient (Wildman–Crippen LogP) is 5.77. The van der Waals surface area contributed by atoms with Gasteiger partial charge >= 0.3 is 0 Å². The van der Waals surface area contributed by atoms with E-state index < -0.39 is 5.92 Å². The zero-order chi connectivity index (χ0) is 27.4. The zero-order valence-electron chi connectivity index (χ0n) is 20.6. The first kappa shape index (κ1) is 26.7. The van der Waals surface area contributed by atoms with Crippen molar-refractivity contribution in [2.75, 3.05) is 16.0 Å². The van der Waals surface area contributed by atoms with Crippen molar-refractivity contribution in [3.05, 3.63) is 93.9 Å². The molecule has 0 saturated heterocycles. The molecule has 39 heavy (non-hydrogen) atoms. The predicted molar refractivity (Wildman–Crippen MR) is 155 cm³/mol. The van der Waals surface area contributed by atoms with Crippen molar-refractivity contribution >= 4 is 63.3 Å². The van der Waals surface area contributed by atoms with Gasteiger partial charge in [-0.2, -0.15) is 5.26 Å². The lowest BCUT2D eigenvalue weighted by molar-refractivity contribution is -0.116. The molecule has 3 aromatic rings. The van der Waals surface area contributed by atoms with Crippen LogP contribution in [0, 0.1) is 17.2 Å². The monoisotopic (exact) mass is 574 g/mol. The first-order chi connectivity index (χ1) is 18.9. The molecule has 11 heteroatoms. The summed E-state index contributed by atoms with van der Waals surface area (Å²) in [5.41, 5.74) is 9.80. The summed E-state index contributed by atoms with van der Waals surface area (Å²) in [6, 6.07) is 18.8. The second-order valence-corrected chi connectivity index (χ2v) is 11.4. The lowest BCUT2D eigenvalue weighted by atomic mass is 9.79. The number of benzene rings is 2. The molecule has 0 spiro atoms. The van der Waals surface area contributed by atoms with E-state index >= 15 is 0 Å². The second-order valence-electron chi connectivity index (χ2n) is 8.82. The Morgan fingerprint density at radius 1 is 1.21 bits per heavy atom. The third-order valence-electron chi connectivity index (χ3n) is 6.28. The smallest absolute Gasteiger partial charge is 0.234 e. The van der Waals surface area contributed by atoms with Crippen molar-refractivity contribution < 1.29 is 9.59 Å². The minimum absolute atomic E-state index is 0.00203. The number of ketones is 1. The van der Waals surface area contributed by atoms with E-state index in [0.717, 1.165) is 11.3 Å². The highest BCUT2D eigenvalue weighted by molar-refractivity contribution is 8.01. The molecule has 196 valence electrons. The molecule has 0 radical (unpaired) electrons. The number of halogens is 1.